The minimum Gasteiger partial charge on any atom is -0.350 e. The fourth-order valence-electron chi connectivity index (χ4n) is 3.55. The van der Waals surface area contributed by atoms with Crippen molar-refractivity contribution in [1.29, 1.82) is 0 Å². The molecule has 1 atom stereocenters. The van der Waals surface area contributed by atoms with Crippen LogP contribution < -0.4 is 10.6 Å². The van der Waals surface area contributed by atoms with Gasteiger partial charge in [-0.3, -0.25) is 19.3 Å². The van der Waals surface area contributed by atoms with E-state index < -0.39 is 11.8 Å². The summed E-state index contributed by atoms with van der Waals surface area (Å²) < 4.78 is 0. The molecule has 1 heterocycles. The molecule has 0 aliphatic carbocycles. The topological polar surface area (TPSA) is 78.5 Å². The number of nitrogens with one attached hydrogen (secondary N) is 2. The molecule has 3 aromatic carbocycles. The van der Waals surface area contributed by atoms with Gasteiger partial charge in [-0.05, 0) is 36.2 Å². The van der Waals surface area contributed by atoms with Gasteiger partial charge in [0.05, 0.1) is 12.6 Å². The van der Waals surface area contributed by atoms with E-state index in [9.17, 15) is 14.4 Å². The van der Waals surface area contributed by atoms with Crippen molar-refractivity contribution < 1.29 is 14.4 Å². The third kappa shape index (κ3) is 4.96. The molecular weight excluding hydrogens is 438 g/mol. The van der Waals surface area contributed by atoms with Crippen molar-refractivity contribution in [2.75, 3.05) is 5.32 Å². The molecule has 0 bridgehead atoms. The molecule has 2 N–H and O–H groups in total. The molecule has 1 aliphatic heterocycles. The molecule has 0 spiro atoms. The van der Waals surface area contributed by atoms with Crippen LogP contribution in [0.3, 0.4) is 0 Å². The maximum absolute atomic E-state index is 12.9. The summed E-state index contributed by atoms with van der Waals surface area (Å²) in [6.45, 7) is 2.03. The molecule has 0 radical (unpaired) electrons. The largest absolute Gasteiger partial charge is 0.350 e. The minimum absolute atomic E-state index is 0.00666. The second kappa shape index (κ2) is 9.71. The Labute approximate surface area is 196 Å². The summed E-state index contributed by atoms with van der Waals surface area (Å²) in [4.78, 5) is 39.3. The van der Waals surface area contributed by atoms with Crippen molar-refractivity contribution in [2.24, 2.45) is 0 Å². The molecule has 0 saturated heterocycles. The van der Waals surface area contributed by atoms with Crippen molar-refractivity contribution in [3.8, 4) is 0 Å². The Kier molecular flexibility index (Phi) is 6.56. The molecule has 0 unspecified atom stereocenters. The quantitative estimate of drug-likeness (QED) is 0.506. The second-order valence-corrected chi connectivity index (χ2v) is 8.06. The van der Waals surface area contributed by atoms with Crippen LogP contribution >= 0.6 is 11.6 Å². The van der Waals surface area contributed by atoms with E-state index in [0.717, 1.165) is 16.0 Å². The fourth-order valence-corrected chi connectivity index (χ4v) is 3.78. The summed E-state index contributed by atoms with van der Waals surface area (Å²) in [6.07, 6.45) is 0. The lowest BCUT2D eigenvalue weighted by molar-refractivity contribution is -0.138. The molecule has 0 aromatic heterocycles. The van der Waals surface area contributed by atoms with Crippen molar-refractivity contribution in [2.45, 2.75) is 19.5 Å². The molecule has 33 heavy (non-hydrogen) atoms. The van der Waals surface area contributed by atoms with Gasteiger partial charge in [-0.2, -0.15) is 0 Å². The van der Waals surface area contributed by atoms with Crippen LogP contribution in [0.1, 0.15) is 34.5 Å². The predicted octanol–water partition coefficient (Wildman–Crippen LogP) is 4.61. The van der Waals surface area contributed by atoms with Crippen LogP contribution in [0.5, 0.6) is 0 Å². The lowest BCUT2D eigenvalue weighted by atomic mass is 10.1. The zero-order valence-corrected chi connectivity index (χ0v) is 18.7. The highest BCUT2D eigenvalue weighted by Crippen LogP contribution is 2.27. The summed E-state index contributed by atoms with van der Waals surface area (Å²) >= 11 is 6.20. The Morgan fingerprint density at radius 3 is 2.27 bits per heavy atom. The van der Waals surface area contributed by atoms with Crippen LogP contribution in [0.2, 0.25) is 0 Å². The molecule has 166 valence electrons. The van der Waals surface area contributed by atoms with E-state index in [4.69, 9.17) is 11.6 Å². The SMILES string of the molecule is C[C@@H](NC(=O)c1cccc(NC2=C(Cl)C(=O)N(Cc3ccccc3)C2=O)c1)c1ccccc1. The number of hydrogen-bond acceptors (Lipinski definition) is 4. The van der Waals surface area contributed by atoms with Crippen LogP contribution in [0.25, 0.3) is 0 Å². The Morgan fingerprint density at radius 2 is 1.58 bits per heavy atom. The molecule has 1 aliphatic rings. The number of carbonyl (C=O) groups excluding carboxylic acids is 3. The maximum atomic E-state index is 12.9. The number of benzene rings is 3. The van der Waals surface area contributed by atoms with Gasteiger partial charge in [-0.1, -0.05) is 78.3 Å². The maximum Gasteiger partial charge on any atom is 0.279 e. The molecule has 6 nitrogen and oxygen atoms in total. The number of nitrogens with zero attached hydrogens (tertiary/aromatic N) is 1. The normalized spacial score (nSPS) is 14.4. The van der Waals surface area contributed by atoms with Gasteiger partial charge in [-0.25, -0.2) is 0 Å². The minimum atomic E-state index is -0.557. The van der Waals surface area contributed by atoms with E-state index in [1.165, 1.54) is 0 Å². The first-order chi connectivity index (χ1) is 15.9. The Balaban J connectivity index is 1.47. The van der Waals surface area contributed by atoms with Gasteiger partial charge in [0.25, 0.3) is 17.7 Å². The number of hydrogen-bond donors (Lipinski definition) is 2. The third-order valence-electron chi connectivity index (χ3n) is 5.34. The lowest BCUT2D eigenvalue weighted by Gasteiger charge is -2.16. The van der Waals surface area contributed by atoms with Crippen LogP contribution in [0.15, 0.2) is 95.7 Å². The summed E-state index contributed by atoms with van der Waals surface area (Å²) in [7, 11) is 0. The van der Waals surface area contributed by atoms with E-state index in [1.807, 2.05) is 67.6 Å². The predicted molar refractivity (Wildman–Crippen MR) is 127 cm³/mol. The highest BCUT2D eigenvalue weighted by Gasteiger charge is 2.37. The first-order valence-electron chi connectivity index (χ1n) is 10.5. The molecular formula is C26H22ClN3O3. The summed E-state index contributed by atoms with van der Waals surface area (Å²) in [5, 5.41) is 5.70. The monoisotopic (exact) mass is 459 g/mol. The van der Waals surface area contributed by atoms with E-state index >= 15 is 0 Å². The zero-order chi connectivity index (χ0) is 23.4. The highest BCUT2D eigenvalue weighted by molar-refractivity contribution is 6.48. The molecule has 3 amide bonds. The number of amides is 3. The molecule has 4 rings (SSSR count). The van der Waals surface area contributed by atoms with Gasteiger partial charge in [0.15, 0.2) is 0 Å². The standard InChI is InChI=1S/C26H22ClN3O3/c1-17(19-11-6-3-7-12-19)28-24(31)20-13-8-14-21(15-20)29-23-22(27)25(32)30(26(23)33)16-18-9-4-2-5-10-18/h2-15,17,29H,16H2,1H3,(H,28,31)/t17-/m1/s1. The van der Waals surface area contributed by atoms with Gasteiger partial charge in [0.1, 0.15) is 10.7 Å². The number of carbonyl (C=O) groups is 3. The van der Waals surface area contributed by atoms with Gasteiger partial charge in [0, 0.05) is 11.3 Å². The summed E-state index contributed by atoms with van der Waals surface area (Å²) in [6, 6.07) is 25.4. The van der Waals surface area contributed by atoms with Gasteiger partial charge >= 0.3 is 0 Å². The first kappa shape index (κ1) is 22.3. The van der Waals surface area contributed by atoms with E-state index in [-0.39, 0.29) is 29.2 Å². The zero-order valence-electron chi connectivity index (χ0n) is 17.9. The van der Waals surface area contributed by atoms with Gasteiger partial charge in [-0.15, -0.1) is 0 Å². The van der Waals surface area contributed by atoms with Crippen LogP contribution in [-0.2, 0) is 16.1 Å². The number of imide groups is 1. The molecule has 7 heteroatoms. The number of halogens is 1. The average Bonchev–Trinajstić information content (AvgIpc) is 3.04. The fraction of sp³-hybridized carbons (Fsp3) is 0.115. The van der Waals surface area contributed by atoms with Gasteiger partial charge < -0.3 is 10.6 Å². The van der Waals surface area contributed by atoms with Crippen molar-refractivity contribution in [1.82, 2.24) is 10.2 Å². The van der Waals surface area contributed by atoms with Crippen LogP contribution in [-0.4, -0.2) is 22.6 Å². The Hall–Kier alpha value is -3.90. The molecule has 0 fully saturated rings. The van der Waals surface area contributed by atoms with Crippen molar-refractivity contribution in [3.63, 3.8) is 0 Å². The second-order valence-electron chi connectivity index (χ2n) is 7.68. The van der Waals surface area contributed by atoms with Crippen molar-refractivity contribution in [3.05, 3.63) is 112 Å². The third-order valence-corrected chi connectivity index (χ3v) is 5.69. The van der Waals surface area contributed by atoms with Crippen molar-refractivity contribution >= 4 is 35.0 Å². The molecule has 3 aromatic rings. The Bertz CT molecular complexity index is 1230. The Morgan fingerprint density at radius 1 is 0.909 bits per heavy atom. The van der Waals surface area contributed by atoms with Gasteiger partial charge in [0.2, 0.25) is 0 Å². The first-order valence-corrected chi connectivity index (χ1v) is 10.8. The number of rotatable bonds is 7. The number of anilines is 1. The average molecular weight is 460 g/mol. The molecule has 0 saturated carbocycles. The van der Waals surface area contributed by atoms with Crippen LogP contribution in [0, 0.1) is 0 Å². The van der Waals surface area contributed by atoms with E-state index in [0.29, 0.717) is 11.3 Å². The van der Waals surface area contributed by atoms with E-state index in [1.54, 1.807) is 24.3 Å². The summed E-state index contributed by atoms with van der Waals surface area (Å²) in [5.41, 5.74) is 2.69. The lowest BCUT2D eigenvalue weighted by Crippen LogP contribution is -2.31. The van der Waals surface area contributed by atoms with Crippen LogP contribution in [0.4, 0.5) is 5.69 Å². The summed E-state index contributed by atoms with van der Waals surface area (Å²) in [5.74, 6) is -1.32. The highest BCUT2D eigenvalue weighted by atomic mass is 35.5. The van der Waals surface area contributed by atoms with E-state index in [2.05, 4.69) is 10.6 Å². The smallest absolute Gasteiger partial charge is 0.279 e.